The second-order valence-electron chi connectivity index (χ2n) is 6.56. The van der Waals surface area contributed by atoms with E-state index in [-0.39, 0.29) is 11.1 Å². The molecule has 0 aromatic heterocycles. The quantitative estimate of drug-likeness (QED) is 0.668. The molecule has 0 saturated heterocycles. The van der Waals surface area contributed by atoms with E-state index in [0.717, 1.165) is 6.07 Å². The van der Waals surface area contributed by atoms with Crippen LogP contribution in [0.1, 0.15) is 28.4 Å². The van der Waals surface area contributed by atoms with E-state index in [1.54, 1.807) is 43.3 Å². The number of nitriles is 1. The molecule has 0 radical (unpaired) electrons. The van der Waals surface area contributed by atoms with Gasteiger partial charge in [0.2, 0.25) is 0 Å². The van der Waals surface area contributed by atoms with Gasteiger partial charge in [0.15, 0.2) is 0 Å². The lowest BCUT2D eigenvalue weighted by molar-refractivity contribution is 0.0914. The number of rotatable bonds is 4. The fourth-order valence-electron chi connectivity index (χ4n) is 2.96. The second-order valence-corrected chi connectivity index (χ2v) is 7.86. The number of nitrogens with zero attached hydrogens (tertiary/aromatic N) is 1. The van der Waals surface area contributed by atoms with Gasteiger partial charge in [0.05, 0.1) is 22.2 Å². The highest BCUT2D eigenvalue weighted by molar-refractivity contribution is 6.42. The molecule has 1 atom stereocenters. The Morgan fingerprint density at radius 2 is 1.93 bits per heavy atom. The zero-order valence-electron chi connectivity index (χ0n) is 15.2. The molecule has 1 heterocycles. The third-order valence-electron chi connectivity index (χ3n) is 4.63. The van der Waals surface area contributed by atoms with Gasteiger partial charge in [-0.15, -0.1) is 0 Å². The van der Waals surface area contributed by atoms with Crippen LogP contribution in [0, 0.1) is 17.1 Å². The van der Waals surface area contributed by atoms with E-state index in [9.17, 15) is 9.18 Å². The van der Waals surface area contributed by atoms with Crippen molar-refractivity contribution in [3.8, 4) is 6.07 Å². The van der Waals surface area contributed by atoms with Crippen molar-refractivity contribution in [1.29, 1.82) is 5.26 Å². The minimum Gasteiger partial charge on any atom is -0.381 e. The first-order valence-corrected chi connectivity index (χ1v) is 9.66. The van der Waals surface area contributed by atoms with Gasteiger partial charge in [0.1, 0.15) is 17.4 Å². The molecule has 1 aliphatic heterocycles. The third-order valence-corrected chi connectivity index (χ3v) is 5.63. The van der Waals surface area contributed by atoms with Crippen LogP contribution in [0.4, 0.5) is 4.39 Å². The minimum absolute atomic E-state index is 0.0813. The molecule has 2 aromatic carbocycles. The summed E-state index contributed by atoms with van der Waals surface area (Å²) in [6, 6.07) is 10.5. The van der Waals surface area contributed by atoms with E-state index in [0.29, 0.717) is 32.9 Å². The summed E-state index contributed by atoms with van der Waals surface area (Å²) >= 11 is 18.3. The summed E-state index contributed by atoms with van der Waals surface area (Å²) in [6.07, 6.45) is 3.49. The molecule has 1 aliphatic rings. The fourth-order valence-corrected chi connectivity index (χ4v) is 3.39. The molecular formula is C21H15Cl3FN3O. The Morgan fingerprint density at radius 3 is 2.52 bits per heavy atom. The fraction of sp³-hybridized carbons (Fsp3) is 0.143. The first-order valence-electron chi connectivity index (χ1n) is 8.53. The zero-order valence-corrected chi connectivity index (χ0v) is 17.5. The Bertz CT molecular complexity index is 1090. The van der Waals surface area contributed by atoms with Crippen molar-refractivity contribution in [3.63, 3.8) is 0 Å². The number of benzene rings is 2. The van der Waals surface area contributed by atoms with E-state index in [2.05, 4.69) is 10.6 Å². The normalized spacial score (nSPS) is 15.3. The molecule has 2 N–H and O–H groups in total. The summed E-state index contributed by atoms with van der Waals surface area (Å²) in [5, 5.41) is 16.3. The number of hydrogen-bond donors (Lipinski definition) is 2. The van der Waals surface area contributed by atoms with Gasteiger partial charge < -0.3 is 10.6 Å². The van der Waals surface area contributed by atoms with E-state index < -0.39 is 17.3 Å². The monoisotopic (exact) mass is 449 g/mol. The number of carbonyl (C=O) groups is 1. The standard InChI is InChI=1S/C21H15Cl3FN3O/c1-21(19-7-5-15(22)11-27-19,14-4-6-16(23)17(24)9-14)28-20(29)12-2-3-13(10-26)18(25)8-12/h2-9,27H,11H2,1H3,(H,28,29). The molecule has 0 spiro atoms. The van der Waals surface area contributed by atoms with Crippen molar-refractivity contribution in [1.82, 2.24) is 10.6 Å². The van der Waals surface area contributed by atoms with Crippen LogP contribution < -0.4 is 10.6 Å². The number of halogens is 4. The summed E-state index contributed by atoms with van der Waals surface area (Å²) in [6.45, 7) is 2.18. The third kappa shape index (κ3) is 4.40. The van der Waals surface area contributed by atoms with Crippen LogP contribution in [-0.4, -0.2) is 12.5 Å². The highest BCUT2D eigenvalue weighted by Crippen LogP contribution is 2.34. The van der Waals surface area contributed by atoms with Gasteiger partial charge in [0, 0.05) is 16.3 Å². The number of carbonyl (C=O) groups excluding carboxylic acids is 1. The van der Waals surface area contributed by atoms with Gasteiger partial charge in [-0.3, -0.25) is 4.79 Å². The number of amides is 1. The van der Waals surface area contributed by atoms with E-state index in [1.165, 1.54) is 12.1 Å². The largest absolute Gasteiger partial charge is 0.381 e. The topological polar surface area (TPSA) is 64.9 Å². The van der Waals surface area contributed by atoms with Crippen molar-refractivity contribution in [3.05, 3.63) is 91.8 Å². The molecular weight excluding hydrogens is 436 g/mol. The van der Waals surface area contributed by atoms with Crippen LogP contribution in [0.25, 0.3) is 0 Å². The molecule has 0 saturated carbocycles. The van der Waals surface area contributed by atoms with Crippen LogP contribution in [0.3, 0.4) is 0 Å². The molecule has 148 valence electrons. The van der Waals surface area contributed by atoms with Crippen molar-refractivity contribution >= 4 is 40.7 Å². The Morgan fingerprint density at radius 1 is 1.17 bits per heavy atom. The van der Waals surface area contributed by atoms with Crippen molar-refractivity contribution < 1.29 is 9.18 Å². The number of dihydropyridines is 1. The lowest BCUT2D eigenvalue weighted by Crippen LogP contribution is -2.49. The molecule has 1 unspecified atom stereocenters. The first-order chi connectivity index (χ1) is 13.7. The van der Waals surface area contributed by atoms with E-state index >= 15 is 0 Å². The van der Waals surface area contributed by atoms with Crippen molar-refractivity contribution in [2.24, 2.45) is 0 Å². The first kappa shape index (κ1) is 21.2. The molecule has 0 fully saturated rings. The van der Waals surface area contributed by atoms with Crippen LogP contribution in [-0.2, 0) is 5.54 Å². The molecule has 8 heteroatoms. The molecule has 29 heavy (non-hydrogen) atoms. The number of nitrogens with one attached hydrogen (secondary N) is 2. The average Bonchev–Trinajstić information content (AvgIpc) is 2.70. The lowest BCUT2D eigenvalue weighted by atomic mass is 9.86. The van der Waals surface area contributed by atoms with Gasteiger partial charge >= 0.3 is 0 Å². The molecule has 3 rings (SSSR count). The summed E-state index contributed by atoms with van der Waals surface area (Å²) < 4.78 is 14.0. The lowest BCUT2D eigenvalue weighted by Gasteiger charge is -2.36. The Labute approximate surface area is 182 Å². The predicted molar refractivity (Wildman–Crippen MR) is 112 cm³/mol. The van der Waals surface area contributed by atoms with Crippen LogP contribution >= 0.6 is 34.8 Å². The van der Waals surface area contributed by atoms with E-state index in [1.807, 2.05) is 0 Å². The summed E-state index contributed by atoms with van der Waals surface area (Å²) in [5.41, 5.74) is 0.245. The van der Waals surface area contributed by atoms with Crippen LogP contribution in [0.5, 0.6) is 0 Å². The average molecular weight is 451 g/mol. The van der Waals surface area contributed by atoms with Crippen molar-refractivity contribution in [2.45, 2.75) is 12.5 Å². The molecule has 1 amide bonds. The minimum atomic E-state index is -1.04. The zero-order chi connectivity index (χ0) is 21.2. The molecule has 0 aliphatic carbocycles. The van der Waals surface area contributed by atoms with Gasteiger partial charge in [-0.1, -0.05) is 40.9 Å². The van der Waals surface area contributed by atoms with Crippen molar-refractivity contribution in [2.75, 3.05) is 6.54 Å². The van der Waals surface area contributed by atoms with Gasteiger partial charge in [-0.05, 0) is 55.0 Å². The SMILES string of the molecule is CC(NC(=O)c1ccc(C#N)c(F)c1)(C1=CC=C(Cl)CN1)c1ccc(Cl)c(Cl)c1. The predicted octanol–water partition coefficient (Wildman–Crippen LogP) is 5.26. The number of allylic oxidation sites excluding steroid dienone is 2. The molecule has 0 bridgehead atoms. The highest BCUT2D eigenvalue weighted by Gasteiger charge is 2.34. The highest BCUT2D eigenvalue weighted by atomic mass is 35.5. The maximum Gasteiger partial charge on any atom is 0.252 e. The summed E-state index contributed by atoms with van der Waals surface area (Å²) in [5.74, 6) is -1.29. The number of hydrogen-bond acceptors (Lipinski definition) is 3. The Kier molecular flexibility index (Phi) is 6.18. The van der Waals surface area contributed by atoms with Crippen LogP contribution in [0.15, 0.2) is 59.3 Å². The maximum absolute atomic E-state index is 14.0. The van der Waals surface area contributed by atoms with Crippen LogP contribution in [0.2, 0.25) is 10.0 Å². The Balaban J connectivity index is 2.04. The second kappa shape index (κ2) is 8.46. The van der Waals surface area contributed by atoms with E-state index in [4.69, 9.17) is 40.1 Å². The Hall–Kier alpha value is -2.52. The van der Waals surface area contributed by atoms with Gasteiger partial charge in [-0.2, -0.15) is 5.26 Å². The maximum atomic E-state index is 14.0. The molecule has 4 nitrogen and oxygen atoms in total. The summed E-state index contributed by atoms with van der Waals surface area (Å²) in [7, 11) is 0. The van der Waals surface area contributed by atoms with Gasteiger partial charge in [0.25, 0.3) is 5.91 Å². The van der Waals surface area contributed by atoms with Gasteiger partial charge in [-0.25, -0.2) is 4.39 Å². The molecule has 2 aromatic rings. The summed E-state index contributed by atoms with van der Waals surface area (Å²) in [4.78, 5) is 12.9. The smallest absolute Gasteiger partial charge is 0.252 e.